The highest BCUT2D eigenvalue weighted by Crippen LogP contribution is 2.33. The van der Waals surface area contributed by atoms with Crippen molar-refractivity contribution in [1.82, 2.24) is 15.0 Å². The second-order valence-corrected chi connectivity index (χ2v) is 7.54. The van der Waals surface area contributed by atoms with Crippen LogP contribution >= 0.6 is 11.3 Å². The molecule has 2 amide bonds. The molecule has 0 fully saturated rings. The molecule has 0 atom stereocenters. The zero-order chi connectivity index (χ0) is 22.1. The van der Waals surface area contributed by atoms with E-state index in [0.717, 1.165) is 23.5 Å². The van der Waals surface area contributed by atoms with Gasteiger partial charge in [-0.3, -0.25) is 9.59 Å². The molecular formula is C19H17F3N4O3S. The monoisotopic (exact) mass is 438 g/mol. The molecule has 11 heteroatoms. The van der Waals surface area contributed by atoms with E-state index in [2.05, 4.69) is 15.5 Å². The predicted octanol–water partition coefficient (Wildman–Crippen LogP) is 4.14. The quantitative estimate of drug-likeness (QED) is 0.647. The highest BCUT2D eigenvalue weighted by Gasteiger charge is 2.30. The summed E-state index contributed by atoms with van der Waals surface area (Å²) in [5, 5.41) is 6.59. The number of rotatable bonds is 5. The van der Waals surface area contributed by atoms with E-state index < -0.39 is 23.6 Å². The molecule has 2 heterocycles. The van der Waals surface area contributed by atoms with Crippen LogP contribution in [-0.4, -0.2) is 40.4 Å². The minimum Gasteiger partial charge on any atom is -0.360 e. The van der Waals surface area contributed by atoms with Gasteiger partial charge >= 0.3 is 6.18 Å². The summed E-state index contributed by atoms with van der Waals surface area (Å²) in [4.78, 5) is 30.6. The number of nitrogens with one attached hydrogen (secondary N) is 1. The van der Waals surface area contributed by atoms with Gasteiger partial charge in [-0.25, -0.2) is 4.98 Å². The number of aromatic nitrogens is 2. The van der Waals surface area contributed by atoms with Crippen LogP contribution in [0.15, 0.2) is 34.9 Å². The summed E-state index contributed by atoms with van der Waals surface area (Å²) < 4.78 is 43.0. The maximum absolute atomic E-state index is 12.7. The van der Waals surface area contributed by atoms with Crippen LogP contribution in [0.5, 0.6) is 0 Å². The summed E-state index contributed by atoms with van der Waals surface area (Å²) in [5.41, 5.74) is 0.139. The zero-order valence-electron chi connectivity index (χ0n) is 16.2. The average Bonchev–Trinajstić information content (AvgIpc) is 3.25. The first kappa shape index (κ1) is 21.5. The van der Waals surface area contributed by atoms with Gasteiger partial charge in [-0.15, -0.1) is 11.3 Å². The summed E-state index contributed by atoms with van der Waals surface area (Å²) in [6, 6.07) is 6.10. The van der Waals surface area contributed by atoms with Crippen LogP contribution in [0.1, 0.15) is 26.7 Å². The van der Waals surface area contributed by atoms with E-state index in [1.807, 2.05) is 0 Å². The van der Waals surface area contributed by atoms with Gasteiger partial charge in [0.05, 0.1) is 17.8 Å². The molecule has 2 aromatic heterocycles. The molecule has 1 aromatic carbocycles. The van der Waals surface area contributed by atoms with Crippen molar-refractivity contribution >= 4 is 29.0 Å². The van der Waals surface area contributed by atoms with Crippen LogP contribution in [-0.2, 0) is 11.0 Å². The Morgan fingerprint density at radius 1 is 1.20 bits per heavy atom. The highest BCUT2D eigenvalue weighted by molar-refractivity contribution is 7.17. The molecule has 0 radical (unpaired) electrons. The Balaban J connectivity index is 1.70. The first-order chi connectivity index (χ1) is 14.0. The SMILES string of the molecule is Cc1cc(NC(=O)CN(C)C(=O)c2sc(-c3ccc(C(F)(F)F)cc3)nc2C)no1. The number of carbonyl (C=O) groups is 2. The van der Waals surface area contributed by atoms with Gasteiger partial charge in [0.25, 0.3) is 5.91 Å². The Labute approximate surface area is 173 Å². The van der Waals surface area contributed by atoms with Crippen LogP contribution < -0.4 is 5.32 Å². The number of nitrogens with zero attached hydrogens (tertiary/aromatic N) is 3. The molecular weight excluding hydrogens is 421 g/mol. The van der Waals surface area contributed by atoms with Gasteiger partial charge in [0.15, 0.2) is 5.82 Å². The number of halogens is 3. The predicted molar refractivity (Wildman–Crippen MR) is 104 cm³/mol. The first-order valence-corrected chi connectivity index (χ1v) is 9.50. The molecule has 158 valence electrons. The maximum atomic E-state index is 12.7. The van der Waals surface area contributed by atoms with E-state index in [1.54, 1.807) is 19.9 Å². The van der Waals surface area contributed by atoms with Gasteiger partial charge in [0.1, 0.15) is 15.6 Å². The molecule has 0 aliphatic heterocycles. The number of hydrogen-bond acceptors (Lipinski definition) is 6. The van der Waals surface area contributed by atoms with Crippen LogP contribution in [0.3, 0.4) is 0 Å². The van der Waals surface area contributed by atoms with Crippen molar-refractivity contribution in [1.29, 1.82) is 0 Å². The third kappa shape index (κ3) is 4.85. The number of benzene rings is 1. The average molecular weight is 438 g/mol. The lowest BCUT2D eigenvalue weighted by molar-refractivity contribution is -0.137. The van der Waals surface area contributed by atoms with Crippen molar-refractivity contribution in [2.24, 2.45) is 0 Å². The standard InChI is InChI=1S/C19H17F3N4O3S/c1-10-8-14(25-29-10)24-15(27)9-26(3)18(28)16-11(2)23-17(30-16)12-4-6-13(7-5-12)19(20,21)22/h4-8H,9H2,1-3H3,(H,24,25,27). The van der Waals surface area contributed by atoms with Crippen molar-refractivity contribution in [2.45, 2.75) is 20.0 Å². The smallest absolute Gasteiger partial charge is 0.360 e. The third-order valence-electron chi connectivity index (χ3n) is 4.07. The van der Waals surface area contributed by atoms with Crippen LogP contribution in [0, 0.1) is 13.8 Å². The van der Waals surface area contributed by atoms with Crippen LogP contribution in [0.4, 0.5) is 19.0 Å². The largest absolute Gasteiger partial charge is 0.416 e. The van der Waals surface area contributed by atoms with Crippen molar-refractivity contribution in [2.75, 3.05) is 18.9 Å². The second kappa shape index (κ2) is 8.27. The lowest BCUT2D eigenvalue weighted by Crippen LogP contribution is -2.34. The molecule has 0 bridgehead atoms. The molecule has 3 rings (SSSR count). The molecule has 3 aromatic rings. The Hall–Kier alpha value is -3.21. The number of hydrogen-bond donors (Lipinski definition) is 1. The van der Waals surface area contributed by atoms with E-state index in [-0.39, 0.29) is 12.4 Å². The lowest BCUT2D eigenvalue weighted by Gasteiger charge is -2.15. The summed E-state index contributed by atoms with van der Waals surface area (Å²) in [7, 11) is 1.47. The second-order valence-electron chi connectivity index (χ2n) is 6.54. The summed E-state index contributed by atoms with van der Waals surface area (Å²) in [5.74, 6) is -0.0957. The van der Waals surface area contributed by atoms with E-state index >= 15 is 0 Å². The normalized spacial score (nSPS) is 11.4. The Bertz CT molecular complexity index is 1070. The van der Waals surface area contributed by atoms with E-state index in [0.29, 0.717) is 26.9 Å². The number of alkyl halides is 3. The molecule has 0 saturated heterocycles. The van der Waals surface area contributed by atoms with E-state index in [4.69, 9.17) is 4.52 Å². The Kier molecular flexibility index (Phi) is 5.92. The number of thiazole rings is 1. The van der Waals surface area contributed by atoms with Gasteiger partial charge in [0.2, 0.25) is 5.91 Å². The van der Waals surface area contributed by atoms with Crippen LogP contribution in [0.25, 0.3) is 10.6 Å². The van der Waals surface area contributed by atoms with Crippen molar-refractivity contribution in [3.05, 3.63) is 52.2 Å². The molecule has 7 nitrogen and oxygen atoms in total. The maximum Gasteiger partial charge on any atom is 0.416 e. The molecule has 0 saturated carbocycles. The third-order valence-corrected chi connectivity index (χ3v) is 5.27. The fourth-order valence-electron chi connectivity index (χ4n) is 2.59. The van der Waals surface area contributed by atoms with E-state index in [9.17, 15) is 22.8 Å². The van der Waals surface area contributed by atoms with Gasteiger partial charge in [-0.2, -0.15) is 13.2 Å². The zero-order valence-corrected chi connectivity index (χ0v) is 17.0. The Morgan fingerprint density at radius 2 is 1.87 bits per heavy atom. The Morgan fingerprint density at radius 3 is 2.43 bits per heavy atom. The van der Waals surface area contributed by atoms with Crippen molar-refractivity contribution in [3.63, 3.8) is 0 Å². The number of carbonyl (C=O) groups excluding carboxylic acids is 2. The van der Waals surface area contributed by atoms with E-state index in [1.165, 1.54) is 24.1 Å². The molecule has 0 spiro atoms. The summed E-state index contributed by atoms with van der Waals surface area (Å²) in [6.45, 7) is 3.08. The van der Waals surface area contributed by atoms with Gasteiger partial charge in [0, 0.05) is 18.7 Å². The summed E-state index contributed by atoms with van der Waals surface area (Å²) in [6.07, 6.45) is -4.42. The molecule has 0 aliphatic carbocycles. The molecule has 0 unspecified atom stereocenters. The molecule has 0 aliphatic rings. The van der Waals surface area contributed by atoms with Crippen LogP contribution in [0.2, 0.25) is 0 Å². The molecule has 1 N–H and O–H groups in total. The summed E-state index contributed by atoms with van der Waals surface area (Å²) >= 11 is 1.05. The lowest BCUT2D eigenvalue weighted by atomic mass is 10.1. The highest BCUT2D eigenvalue weighted by atomic mass is 32.1. The fourth-order valence-corrected chi connectivity index (χ4v) is 3.65. The number of anilines is 1. The van der Waals surface area contributed by atoms with Crippen molar-refractivity contribution < 1.29 is 27.3 Å². The van der Waals surface area contributed by atoms with Crippen molar-refractivity contribution in [3.8, 4) is 10.6 Å². The number of amides is 2. The fraction of sp³-hybridized carbons (Fsp3) is 0.263. The van der Waals surface area contributed by atoms with Gasteiger partial charge in [-0.1, -0.05) is 17.3 Å². The first-order valence-electron chi connectivity index (χ1n) is 8.68. The number of likely N-dealkylation sites (N-methyl/N-ethyl adjacent to an activating group) is 1. The minimum absolute atomic E-state index is 0.225. The topological polar surface area (TPSA) is 88.3 Å². The molecule has 30 heavy (non-hydrogen) atoms. The number of aryl methyl sites for hydroxylation is 2. The minimum atomic E-state index is -4.42. The van der Waals surface area contributed by atoms with Gasteiger partial charge in [-0.05, 0) is 26.0 Å². The van der Waals surface area contributed by atoms with Gasteiger partial charge < -0.3 is 14.7 Å².